The van der Waals surface area contributed by atoms with E-state index in [2.05, 4.69) is 15.4 Å². The average Bonchev–Trinajstić information content (AvgIpc) is 3.60. The van der Waals surface area contributed by atoms with Crippen LogP contribution in [-0.2, 0) is 39.4 Å². The number of hydrogen-bond donors (Lipinski definition) is 2. The molecule has 0 fully saturated rings. The number of carbonyl (C=O) groups excluding carboxylic acids is 2. The molecular weight excluding hydrogens is 575 g/mol. The molecular formula is C27H34N6NaO7S. The van der Waals surface area contributed by atoms with Crippen LogP contribution in [0.1, 0.15) is 28.0 Å². The molecule has 2 aromatic heterocycles. The molecule has 1 aliphatic carbocycles. The minimum Gasteiger partial charge on any atom is -0.481 e. The van der Waals surface area contributed by atoms with Crippen LogP contribution in [0.4, 0.5) is 10.5 Å². The molecule has 0 atom stereocenters. The number of hydrogen-bond acceptors (Lipinski definition) is 9. The number of benzene rings is 1. The number of pyridine rings is 1. The van der Waals surface area contributed by atoms with Crippen molar-refractivity contribution in [3.8, 4) is 17.0 Å². The van der Waals surface area contributed by atoms with Crippen molar-refractivity contribution in [1.29, 1.82) is 0 Å². The minimum absolute atomic E-state index is 0. The second kappa shape index (κ2) is 14.9. The van der Waals surface area contributed by atoms with Crippen LogP contribution in [0, 0.1) is 0 Å². The van der Waals surface area contributed by atoms with E-state index in [4.69, 9.17) is 14.2 Å². The molecule has 1 aromatic carbocycles. The summed E-state index contributed by atoms with van der Waals surface area (Å²) in [4.78, 5) is 31.9. The first-order chi connectivity index (χ1) is 19.7. The smallest absolute Gasteiger partial charge is 0.333 e. The minimum atomic E-state index is -4.42. The molecule has 0 bridgehead atoms. The van der Waals surface area contributed by atoms with E-state index < -0.39 is 27.0 Å². The molecule has 4 rings (SSSR count). The number of nitrogens with one attached hydrogen (secondary N) is 2. The van der Waals surface area contributed by atoms with Crippen molar-refractivity contribution in [1.82, 2.24) is 24.4 Å². The summed E-state index contributed by atoms with van der Waals surface area (Å²) < 4.78 is 44.9. The van der Waals surface area contributed by atoms with Crippen LogP contribution in [0.25, 0.3) is 11.1 Å². The van der Waals surface area contributed by atoms with Crippen LogP contribution >= 0.6 is 0 Å². The Kier molecular flexibility index (Phi) is 11.9. The molecule has 0 saturated heterocycles. The van der Waals surface area contributed by atoms with Crippen molar-refractivity contribution in [3.05, 3.63) is 53.3 Å². The fourth-order valence-electron chi connectivity index (χ4n) is 4.70. The van der Waals surface area contributed by atoms with Crippen molar-refractivity contribution in [2.75, 3.05) is 52.9 Å². The number of anilines is 1. The van der Waals surface area contributed by atoms with Crippen molar-refractivity contribution in [2.24, 2.45) is 7.05 Å². The van der Waals surface area contributed by atoms with E-state index in [-0.39, 0.29) is 61.6 Å². The SMILES string of the molecule is COCCN(CCOC)C(=O)c1cc(S(=O)(=O)NC(=O)Nc2c(-c3ccnc(OC)c3)ccc3c2CCC3)nn1C.[Na]. The third kappa shape index (κ3) is 7.68. The van der Waals surface area contributed by atoms with Crippen molar-refractivity contribution < 1.29 is 32.2 Å². The van der Waals surface area contributed by atoms with Crippen molar-refractivity contribution in [2.45, 2.75) is 24.3 Å². The zero-order valence-corrected chi connectivity index (χ0v) is 27.3. The van der Waals surface area contributed by atoms with Crippen LogP contribution in [0.2, 0.25) is 0 Å². The van der Waals surface area contributed by atoms with Gasteiger partial charge >= 0.3 is 6.03 Å². The molecule has 2 heterocycles. The number of aryl methyl sites for hydroxylation is 2. The van der Waals surface area contributed by atoms with E-state index in [0.29, 0.717) is 17.1 Å². The monoisotopic (exact) mass is 609 g/mol. The molecule has 1 radical (unpaired) electrons. The summed E-state index contributed by atoms with van der Waals surface area (Å²) in [6.07, 6.45) is 4.12. The molecule has 221 valence electrons. The molecule has 0 unspecified atom stereocenters. The predicted octanol–water partition coefficient (Wildman–Crippen LogP) is 1.84. The Morgan fingerprint density at radius 3 is 2.43 bits per heavy atom. The fraction of sp³-hybridized carbons (Fsp3) is 0.407. The summed E-state index contributed by atoms with van der Waals surface area (Å²) in [5, 5.41) is 6.29. The molecule has 3 aromatic rings. The van der Waals surface area contributed by atoms with Gasteiger partial charge in [0.25, 0.3) is 15.9 Å². The van der Waals surface area contributed by atoms with Crippen molar-refractivity contribution in [3.63, 3.8) is 0 Å². The van der Waals surface area contributed by atoms with Gasteiger partial charge in [0, 0.05) is 87.8 Å². The Hall–Kier alpha value is -3.01. The Labute approximate surface area is 267 Å². The molecule has 42 heavy (non-hydrogen) atoms. The van der Waals surface area contributed by atoms with E-state index >= 15 is 0 Å². The number of carbonyl (C=O) groups is 2. The standard InChI is InChI=1S/C27H34N6O7S.Na/c1-32-22(26(34)33(12-14-38-2)13-15-39-3)17-24(30-32)41(36,37)31-27(35)29-25-20-7-5-6-18(20)8-9-21(25)19-10-11-28-23(16-19)40-4;/h8-11,16-17H,5-7,12-15H2,1-4H3,(H2,29,31,35);. The van der Waals surface area contributed by atoms with E-state index in [1.54, 1.807) is 18.3 Å². The molecule has 2 N–H and O–H groups in total. The maximum atomic E-state index is 13.2. The van der Waals surface area contributed by atoms with Gasteiger partial charge in [-0.2, -0.15) is 13.5 Å². The largest absolute Gasteiger partial charge is 0.481 e. The Bertz CT molecular complexity index is 1520. The molecule has 3 amide bonds. The molecule has 0 aliphatic heterocycles. The van der Waals surface area contributed by atoms with Gasteiger partial charge in [-0.1, -0.05) is 12.1 Å². The molecule has 0 saturated carbocycles. The third-order valence-electron chi connectivity index (χ3n) is 6.77. The van der Waals surface area contributed by atoms with Gasteiger partial charge in [-0.3, -0.25) is 9.48 Å². The Morgan fingerprint density at radius 1 is 1.05 bits per heavy atom. The summed E-state index contributed by atoms with van der Waals surface area (Å²) in [6.45, 7) is 1.13. The summed E-state index contributed by atoms with van der Waals surface area (Å²) in [6, 6.07) is 7.62. The van der Waals surface area contributed by atoms with E-state index in [0.717, 1.165) is 42.0 Å². The second-order valence-electron chi connectivity index (χ2n) is 9.40. The third-order valence-corrected chi connectivity index (χ3v) is 7.98. The van der Waals surface area contributed by atoms with Gasteiger partial charge in [-0.05, 0) is 42.0 Å². The number of methoxy groups -OCH3 is 3. The fourth-order valence-corrected chi connectivity index (χ4v) is 5.60. The number of urea groups is 1. The first-order valence-electron chi connectivity index (χ1n) is 13.0. The zero-order chi connectivity index (χ0) is 29.6. The van der Waals surface area contributed by atoms with E-state index in [9.17, 15) is 18.0 Å². The van der Waals surface area contributed by atoms with Gasteiger partial charge in [-0.25, -0.2) is 14.5 Å². The van der Waals surface area contributed by atoms with Gasteiger partial charge in [0.2, 0.25) is 5.88 Å². The van der Waals surface area contributed by atoms with Gasteiger partial charge in [0.05, 0.1) is 26.0 Å². The van der Waals surface area contributed by atoms with Crippen LogP contribution < -0.4 is 14.8 Å². The summed E-state index contributed by atoms with van der Waals surface area (Å²) in [7, 11) is 1.59. The number of fused-ring (bicyclic) bond motifs is 1. The summed E-state index contributed by atoms with van der Waals surface area (Å²) in [5.74, 6) is -0.0400. The van der Waals surface area contributed by atoms with Gasteiger partial charge < -0.3 is 24.4 Å². The van der Waals surface area contributed by atoms with Crippen LogP contribution in [-0.4, -0.2) is 117 Å². The molecule has 15 heteroatoms. The number of aromatic nitrogens is 3. The number of ether oxygens (including phenoxy) is 3. The number of rotatable bonds is 12. The van der Waals surface area contributed by atoms with Gasteiger partial charge in [0.15, 0.2) is 5.03 Å². The Morgan fingerprint density at radius 2 is 1.76 bits per heavy atom. The molecule has 13 nitrogen and oxygen atoms in total. The van der Waals surface area contributed by atoms with Crippen LogP contribution in [0.5, 0.6) is 5.88 Å². The summed E-state index contributed by atoms with van der Waals surface area (Å²) >= 11 is 0. The Balaban J connectivity index is 0.00000484. The number of sulfonamides is 1. The topological polar surface area (TPSA) is 154 Å². The first-order valence-corrected chi connectivity index (χ1v) is 14.5. The second-order valence-corrected chi connectivity index (χ2v) is 11.0. The van der Waals surface area contributed by atoms with Gasteiger partial charge in [-0.15, -0.1) is 0 Å². The molecule has 1 aliphatic rings. The summed E-state index contributed by atoms with van der Waals surface area (Å²) in [5.41, 5.74) is 4.05. The zero-order valence-electron chi connectivity index (χ0n) is 24.5. The normalized spacial score (nSPS) is 12.3. The molecule has 0 spiro atoms. The predicted molar refractivity (Wildman–Crippen MR) is 156 cm³/mol. The first kappa shape index (κ1) is 33.5. The number of nitrogens with zero attached hydrogens (tertiary/aromatic N) is 4. The van der Waals surface area contributed by atoms with Crippen LogP contribution in [0.3, 0.4) is 0 Å². The van der Waals surface area contributed by atoms with Gasteiger partial charge in [0.1, 0.15) is 5.69 Å². The van der Waals surface area contributed by atoms with E-state index in [1.807, 2.05) is 16.9 Å². The average molecular weight is 610 g/mol. The maximum Gasteiger partial charge on any atom is 0.333 e. The van der Waals surface area contributed by atoms with Crippen molar-refractivity contribution >= 4 is 57.2 Å². The quantitative estimate of drug-likeness (QED) is 0.293. The van der Waals surface area contributed by atoms with E-state index in [1.165, 1.54) is 38.0 Å². The van der Waals surface area contributed by atoms with Crippen LogP contribution in [0.15, 0.2) is 41.6 Å². The maximum absolute atomic E-state index is 13.2. The number of amides is 3.